The zero-order valence-electron chi connectivity index (χ0n) is 11.9. The van der Waals surface area contributed by atoms with Gasteiger partial charge in [-0.3, -0.25) is 0 Å². The summed E-state index contributed by atoms with van der Waals surface area (Å²) < 4.78 is 5.29. The van der Waals surface area contributed by atoms with E-state index in [0.29, 0.717) is 10.7 Å². The molecule has 0 fully saturated rings. The predicted octanol–water partition coefficient (Wildman–Crippen LogP) is 4.23. The minimum Gasteiger partial charge on any atom is -0.496 e. The highest BCUT2D eigenvalue weighted by Gasteiger charge is 2.13. The molecular formula is C16H17ClN2O2. The average Bonchev–Trinajstić information content (AvgIpc) is 2.49. The molecule has 2 amide bonds. The molecule has 0 bridgehead atoms. The van der Waals surface area contributed by atoms with Crippen LogP contribution in [0, 0.1) is 0 Å². The highest BCUT2D eigenvalue weighted by Crippen LogP contribution is 2.24. The lowest BCUT2D eigenvalue weighted by Crippen LogP contribution is -2.31. The number of rotatable bonds is 4. The van der Waals surface area contributed by atoms with E-state index < -0.39 is 0 Å². The zero-order valence-corrected chi connectivity index (χ0v) is 12.6. The Kier molecular flexibility index (Phi) is 5.06. The van der Waals surface area contributed by atoms with Crippen LogP contribution < -0.4 is 15.4 Å². The quantitative estimate of drug-likeness (QED) is 0.888. The number of benzene rings is 2. The molecule has 0 saturated carbocycles. The molecule has 1 atom stereocenters. The lowest BCUT2D eigenvalue weighted by molar-refractivity contribution is 0.249. The molecule has 0 radical (unpaired) electrons. The highest BCUT2D eigenvalue weighted by atomic mass is 35.5. The summed E-state index contributed by atoms with van der Waals surface area (Å²) in [5.74, 6) is 0.747. The standard InChI is InChI=1S/C16H17ClN2O2/c1-11(14-5-3-4-6-15(14)21-2)18-16(20)19-13-9-7-12(17)8-10-13/h3-11H,1-2H3,(H2,18,19,20)/t11-/m0/s1. The summed E-state index contributed by atoms with van der Waals surface area (Å²) in [5, 5.41) is 6.26. The first-order valence-corrected chi connectivity index (χ1v) is 6.94. The van der Waals surface area contributed by atoms with E-state index >= 15 is 0 Å². The van der Waals surface area contributed by atoms with Crippen LogP contribution in [0.1, 0.15) is 18.5 Å². The largest absolute Gasteiger partial charge is 0.496 e. The minimum absolute atomic E-state index is 0.173. The van der Waals surface area contributed by atoms with Gasteiger partial charge in [0, 0.05) is 16.3 Å². The molecule has 0 aromatic heterocycles. The van der Waals surface area contributed by atoms with Gasteiger partial charge >= 0.3 is 6.03 Å². The van der Waals surface area contributed by atoms with Crippen molar-refractivity contribution in [1.82, 2.24) is 5.32 Å². The number of methoxy groups -OCH3 is 1. The molecule has 0 spiro atoms. The molecule has 2 N–H and O–H groups in total. The number of halogens is 1. The molecule has 21 heavy (non-hydrogen) atoms. The fourth-order valence-corrected chi connectivity index (χ4v) is 2.12. The van der Waals surface area contributed by atoms with Crippen LogP contribution >= 0.6 is 11.6 Å². The van der Waals surface area contributed by atoms with Gasteiger partial charge in [0.25, 0.3) is 0 Å². The summed E-state index contributed by atoms with van der Waals surface area (Å²) in [7, 11) is 1.61. The maximum absolute atomic E-state index is 12.0. The number of carbonyl (C=O) groups is 1. The van der Waals surface area contributed by atoms with Crippen LogP contribution in [0.2, 0.25) is 5.02 Å². The zero-order chi connectivity index (χ0) is 15.2. The Labute approximate surface area is 129 Å². The van der Waals surface area contributed by atoms with Crippen molar-refractivity contribution < 1.29 is 9.53 Å². The molecule has 0 saturated heterocycles. The van der Waals surface area contributed by atoms with Gasteiger partial charge in [0.2, 0.25) is 0 Å². The van der Waals surface area contributed by atoms with Crippen molar-refractivity contribution >= 4 is 23.3 Å². The summed E-state index contributed by atoms with van der Waals surface area (Å²) in [4.78, 5) is 12.0. The molecule has 0 unspecified atom stereocenters. The van der Waals surface area contributed by atoms with Gasteiger partial charge in [0.05, 0.1) is 13.2 Å². The van der Waals surface area contributed by atoms with E-state index in [9.17, 15) is 4.79 Å². The van der Waals surface area contributed by atoms with E-state index in [4.69, 9.17) is 16.3 Å². The monoisotopic (exact) mass is 304 g/mol. The lowest BCUT2D eigenvalue weighted by Gasteiger charge is -2.17. The van der Waals surface area contributed by atoms with E-state index in [1.165, 1.54) is 0 Å². The van der Waals surface area contributed by atoms with E-state index in [2.05, 4.69) is 10.6 Å². The second-order valence-corrected chi connectivity index (χ2v) is 5.01. The van der Waals surface area contributed by atoms with Crippen LogP contribution in [0.15, 0.2) is 48.5 Å². The first-order chi connectivity index (χ1) is 10.1. The van der Waals surface area contributed by atoms with E-state index in [1.54, 1.807) is 31.4 Å². The Morgan fingerprint density at radius 3 is 2.48 bits per heavy atom. The fraction of sp³-hybridized carbons (Fsp3) is 0.188. The molecule has 5 heteroatoms. The average molecular weight is 305 g/mol. The molecule has 2 rings (SSSR count). The third-order valence-electron chi connectivity index (χ3n) is 3.06. The van der Waals surface area contributed by atoms with Crippen LogP contribution in [0.4, 0.5) is 10.5 Å². The van der Waals surface area contributed by atoms with Crippen molar-refractivity contribution in [3.63, 3.8) is 0 Å². The Morgan fingerprint density at radius 2 is 1.81 bits per heavy atom. The molecule has 4 nitrogen and oxygen atoms in total. The highest BCUT2D eigenvalue weighted by molar-refractivity contribution is 6.30. The maximum atomic E-state index is 12.0. The van der Waals surface area contributed by atoms with E-state index in [1.807, 2.05) is 31.2 Å². The Hall–Kier alpha value is -2.20. The van der Waals surface area contributed by atoms with Crippen molar-refractivity contribution in [2.24, 2.45) is 0 Å². The van der Waals surface area contributed by atoms with Crippen LogP contribution in [0.25, 0.3) is 0 Å². The van der Waals surface area contributed by atoms with Crippen LogP contribution in [0.5, 0.6) is 5.75 Å². The summed E-state index contributed by atoms with van der Waals surface area (Å²) in [6.45, 7) is 1.90. The number of hydrogen-bond donors (Lipinski definition) is 2. The van der Waals surface area contributed by atoms with Gasteiger partial charge in [-0.1, -0.05) is 29.8 Å². The number of carbonyl (C=O) groups excluding carboxylic acids is 1. The van der Waals surface area contributed by atoms with Gasteiger partial charge < -0.3 is 15.4 Å². The molecule has 0 aliphatic rings. The number of hydrogen-bond acceptors (Lipinski definition) is 2. The second kappa shape index (κ2) is 6.99. The van der Waals surface area contributed by atoms with Gasteiger partial charge in [-0.2, -0.15) is 0 Å². The number of amides is 2. The minimum atomic E-state index is -0.282. The summed E-state index contributed by atoms with van der Waals surface area (Å²) >= 11 is 5.80. The van der Waals surface area contributed by atoms with Gasteiger partial charge in [0.1, 0.15) is 5.75 Å². The number of para-hydroxylation sites is 1. The SMILES string of the molecule is COc1ccccc1[C@H](C)NC(=O)Nc1ccc(Cl)cc1. The normalized spacial score (nSPS) is 11.6. The van der Waals surface area contributed by atoms with Crippen LogP contribution in [-0.2, 0) is 0 Å². The summed E-state index contributed by atoms with van der Waals surface area (Å²) in [6.07, 6.45) is 0. The van der Waals surface area contributed by atoms with Crippen LogP contribution in [0.3, 0.4) is 0 Å². The Balaban J connectivity index is 2.00. The number of anilines is 1. The molecule has 0 aliphatic carbocycles. The van der Waals surface area contributed by atoms with Gasteiger partial charge in [0.15, 0.2) is 0 Å². The van der Waals surface area contributed by atoms with Crippen molar-refractivity contribution in [2.75, 3.05) is 12.4 Å². The maximum Gasteiger partial charge on any atom is 0.319 e. The first-order valence-electron chi connectivity index (χ1n) is 6.56. The van der Waals surface area contributed by atoms with Crippen molar-refractivity contribution in [2.45, 2.75) is 13.0 Å². The molecule has 2 aromatic carbocycles. The first kappa shape index (κ1) is 15.2. The van der Waals surface area contributed by atoms with Crippen molar-refractivity contribution in [3.05, 3.63) is 59.1 Å². The molecule has 110 valence electrons. The smallest absolute Gasteiger partial charge is 0.319 e. The predicted molar refractivity (Wildman–Crippen MR) is 85.0 cm³/mol. The lowest BCUT2D eigenvalue weighted by atomic mass is 10.1. The Bertz CT molecular complexity index is 614. The molecule has 0 heterocycles. The van der Waals surface area contributed by atoms with Gasteiger partial charge in [-0.05, 0) is 37.3 Å². The number of urea groups is 1. The van der Waals surface area contributed by atoms with Crippen LogP contribution in [-0.4, -0.2) is 13.1 Å². The number of nitrogens with one attached hydrogen (secondary N) is 2. The van der Waals surface area contributed by atoms with Crippen molar-refractivity contribution in [1.29, 1.82) is 0 Å². The number of ether oxygens (including phenoxy) is 1. The summed E-state index contributed by atoms with van der Waals surface area (Å²) in [6, 6.07) is 14.1. The molecule has 0 aliphatic heterocycles. The summed E-state index contributed by atoms with van der Waals surface area (Å²) in [5.41, 5.74) is 1.61. The van der Waals surface area contributed by atoms with Gasteiger partial charge in [-0.15, -0.1) is 0 Å². The van der Waals surface area contributed by atoms with Gasteiger partial charge in [-0.25, -0.2) is 4.79 Å². The fourth-order valence-electron chi connectivity index (χ4n) is 2.00. The topological polar surface area (TPSA) is 50.4 Å². The second-order valence-electron chi connectivity index (χ2n) is 4.57. The third kappa shape index (κ3) is 4.13. The van der Waals surface area contributed by atoms with E-state index in [0.717, 1.165) is 11.3 Å². The third-order valence-corrected chi connectivity index (χ3v) is 3.31. The molecular weight excluding hydrogens is 288 g/mol. The van der Waals surface area contributed by atoms with E-state index in [-0.39, 0.29) is 12.1 Å². The van der Waals surface area contributed by atoms with Crippen molar-refractivity contribution in [3.8, 4) is 5.75 Å². The molecule has 2 aromatic rings. The Morgan fingerprint density at radius 1 is 1.14 bits per heavy atom.